The van der Waals surface area contributed by atoms with Gasteiger partial charge in [0.15, 0.2) is 0 Å². The van der Waals surface area contributed by atoms with Crippen molar-refractivity contribution in [3.05, 3.63) is 83.9 Å². The number of hydrogen-bond donors (Lipinski definition) is 1. The lowest BCUT2D eigenvalue weighted by Crippen LogP contribution is -2.42. The first-order valence-corrected chi connectivity index (χ1v) is 9.54. The van der Waals surface area contributed by atoms with Gasteiger partial charge >= 0.3 is 0 Å². The number of imide groups is 1. The van der Waals surface area contributed by atoms with Crippen LogP contribution in [0, 0.1) is 11.8 Å². The van der Waals surface area contributed by atoms with Crippen LogP contribution in [0.25, 0.3) is 0 Å². The number of carbonyl (C=O) groups excluding carboxylic acids is 3. The van der Waals surface area contributed by atoms with E-state index in [1.807, 2.05) is 72.8 Å². The molecule has 5 heteroatoms. The number of fused-ring (bicyclic) bond motifs is 1. The van der Waals surface area contributed by atoms with Crippen molar-refractivity contribution in [2.24, 2.45) is 11.8 Å². The number of nitrogens with one attached hydrogen (secondary N) is 1. The van der Waals surface area contributed by atoms with Crippen LogP contribution in [0.3, 0.4) is 0 Å². The quantitative estimate of drug-likeness (QED) is 0.646. The Morgan fingerprint density at radius 1 is 0.857 bits per heavy atom. The highest BCUT2D eigenvalue weighted by Gasteiger charge is 2.47. The molecule has 4 rings (SSSR count). The van der Waals surface area contributed by atoms with E-state index in [0.29, 0.717) is 12.8 Å². The summed E-state index contributed by atoms with van der Waals surface area (Å²) >= 11 is 0. The van der Waals surface area contributed by atoms with Gasteiger partial charge in [-0.1, -0.05) is 72.8 Å². The Bertz CT molecular complexity index is 842. The van der Waals surface area contributed by atoms with Gasteiger partial charge in [0, 0.05) is 0 Å². The highest BCUT2D eigenvalue weighted by Crippen LogP contribution is 2.34. The monoisotopic (exact) mass is 374 g/mol. The van der Waals surface area contributed by atoms with Crippen molar-refractivity contribution < 1.29 is 14.4 Å². The molecule has 2 atom stereocenters. The minimum atomic E-state index is -0.342. The van der Waals surface area contributed by atoms with Gasteiger partial charge in [0.25, 0.3) is 0 Å². The third kappa shape index (κ3) is 3.48. The minimum Gasteiger partial charge on any atom is -0.344 e. The van der Waals surface area contributed by atoms with Gasteiger partial charge in [-0.2, -0.15) is 0 Å². The van der Waals surface area contributed by atoms with Crippen molar-refractivity contribution in [2.45, 2.75) is 18.9 Å². The van der Waals surface area contributed by atoms with Crippen molar-refractivity contribution in [1.29, 1.82) is 0 Å². The number of carbonyl (C=O) groups is 3. The fourth-order valence-electron chi connectivity index (χ4n) is 4.03. The second kappa shape index (κ2) is 7.80. The van der Waals surface area contributed by atoms with Gasteiger partial charge in [0.1, 0.15) is 6.54 Å². The summed E-state index contributed by atoms with van der Waals surface area (Å²) in [6.45, 7) is -0.235. The van der Waals surface area contributed by atoms with Crippen LogP contribution in [0.2, 0.25) is 0 Å². The Morgan fingerprint density at radius 3 is 1.79 bits per heavy atom. The molecule has 3 amide bonds. The van der Waals surface area contributed by atoms with E-state index in [0.717, 1.165) is 16.0 Å². The van der Waals surface area contributed by atoms with Crippen LogP contribution in [0.4, 0.5) is 0 Å². The van der Waals surface area contributed by atoms with Crippen molar-refractivity contribution in [3.8, 4) is 0 Å². The van der Waals surface area contributed by atoms with Gasteiger partial charge in [-0.05, 0) is 24.0 Å². The molecular formula is C23H22N2O3. The average molecular weight is 374 g/mol. The van der Waals surface area contributed by atoms with E-state index in [4.69, 9.17) is 0 Å². The van der Waals surface area contributed by atoms with Gasteiger partial charge in [-0.15, -0.1) is 0 Å². The summed E-state index contributed by atoms with van der Waals surface area (Å²) in [7, 11) is 0. The third-order valence-electron chi connectivity index (χ3n) is 5.47. The molecule has 0 spiro atoms. The molecule has 2 unspecified atom stereocenters. The Kier molecular flexibility index (Phi) is 5.06. The first-order valence-electron chi connectivity index (χ1n) is 9.54. The van der Waals surface area contributed by atoms with Gasteiger partial charge in [0.2, 0.25) is 17.7 Å². The fourth-order valence-corrected chi connectivity index (χ4v) is 4.03. The van der Waals surface area contributed by atoms with Crippen LogP contribution in [0.5, 0.6) is 0 Å². The van der Waals surface area contributed by atoms with Crippen LogP contribution in [-0.4, -0.2) is 29.2 Å². The molecule has 0 saturated carbocycles. The summed E-state index contributed by atoms with van der Waals surface area (Å²) < 4.78 is 0. The van der Waals surface area contributed by atoms with Gasteiger partial charge in [-0.3, -0.25) is 19.3 Å². The summed E-state index contributed by atoms with van der Waals surface area (Å²) in [5.74, 6) is -1.43. The van der Waals surface area contributed by atoms with Crippen molar-refractivity contribution in [3.63, 3.8) is 0 Å². The lowest BCUT2D eigenvalue weighted by atomic mass is 9.85. The molecule has 1 aliphatic heterocycles. The molecule has 0 bridgehead atoms. The number of nitrogens with zero attached hydrogens (tertiary/aromatic N) is 1. The number of likely N-dealkylation sites (tertiary alicyclic amines) is 1. The maximum atomic E-state index is 12.8. The van der Waals surface area contributed by atoms with Crippen molar-refractivity contribution >= 4 is 17.7 Å². The molecule has 1 heterocycles. The van der Waals surface area contributed by atoms with Crippen LogP contribution < -0.4 is 5.32 Å². The second-order valence-corrected chi connectivity index (χ2v) is 7.24. The minimum absolute atomic E-state index is 0.231. The largest absolute Gasteiger partial charge is 0.344 e. The summed E-state index contributed by atoms with van der Waals surface area (Å²) in [6, 6.07) is 19.0. The number of allylic oxidation sites excluding steroid dienone is 2. The number of rotatable bonds is 5. The lowest BCUT2D eigenvalue weighted by Gasteiger charge is -2.22. The van der Waals surface area contributed by atoms with Gasteiger partial charge < -0.3 is 5.32 Å². The Balaban J connectivity index is 1.51. The van der Waals surface area contributed by atoms with E-state index in [1.165, 1.54) is 0 Å². The average Bonchev–Trinajstić information content (AvgIpc) is 2.98. The predicted octanol–water partition coefficient (Wildman–Crippen LogP) is 2.84. The lowest BCUT2D eigenvalue weighted by molar-refractivity contribution is -0.143. The van der Waals surface area contributed by atoms with Crippen LogP contribution in [0.15, 0.2) is 72.8 Å². The van der Waals surface area contributed by atoms with E-state index < -0.39 is 0 Å². The zero-order valence-electron chi connectivity index (χ0n) is 15.5. The second-order valence-electron chi connectivity index (χ2n) is 7.24. The number of hydrogen-bond acceptors (Lipinski definition) is 3. The molecule has 2 aliphatic rings. The Morgan fingerprint density at radius 2 is 1.32 bits per heavy atom. The number of benzene rings is 2. The fraction of sp³-hybridized carbons (Fsp3) is 0.261. The standard InChI is InChI=1S/C23H22N2O3/c26-20(15-25-22(27)18-13-7-8-14-19(18)23(25)28)24-21(16-9-3-1-4-10-16)17-11-5-2-6-12-17/h1-12,18-19,21H,13-15H2,(H,24,26). The molecule has 5 nitrogen and oxygen atoms in total. The molecule has 142 valence electrons. The van der Waals surface area contributed by atoms with Crippen molar-refractivity contribution in [1.82, 2.24) is 10.2 Å². The van der Waals surface area contributed by atoms with Gasteiger partial charge in [-0.25, -0.2) is 0 Å². The summed E-state index contributed by atoms with van der Waals surface area (Å²) in [5, 5.41) is 3.00. The molecule has 0 aromatic heterocycles. The Labute approximate surface area is 164 Å². The molecule has 1 aliphatic carbocycles. The number of amides is 3. The topological polar surface area (TPSA) is 66.5 Å². The highest BCUT2D eigenvalue weighted by molar-refractivity contribution is 6.07. The third-order valence-corrected chi connectivity index (χ3v) is 5.47. The van der Waals surface area contributed by atoms with Crippen LogP contribution in [0.1, 0.15) is 30.0 Å². The van der Waals surface area contributed by atoms with E-state index in [2.05, 4.69) is 5.32 Å². The highest BCUT2D eigenvalue weighted by atomic mass is 16.2. The normalized spacial score (nSPS) is 21.1. The van der Waals surface area contributed by atoms with E-state index >= 15 is 0 Å². The van der Waals surface area contributed by atoms with E-state index in [9.17, 15) is 14.4 Å². The molecule has 1 fully saturated rings. The van der Waals surface area contributed by atoms with Crippen LogP contribution in [-0.2, 0) is 14.4 Å². The summed E-state index contributed by atoms with van der Waals surface area (Å²) in [5.41, 5.74) is 1.89. The molecule has 1 N–H and O–H groups in total. The predicted molar refractivity (Wildman–Crippen MR) is 105 cm³/mol. The SMILES string of the molecule is O=C(CN1C(=O)C2CC=CCC2C1=O)NC(c1ccccc1)c1ccccc1. The van der Waals surface area contributed by atoms with Crippen molar-refractivity contribution in [2.75, 3.05) is 6.54 Å². The van der Waals surface area contributed by atoms with Crippen LogP contribution >= 0.6 is 0 Å². The maximum absolute atomic E-state index is 12.8. The summed E-state index contributed by atoms with van der Waals surface area (Å²) in [4.78, 5) is 39.1. The molecular weight excluding hydrogens is 352 g/mol. The first-order chi connectivity index (χ1) is 13.6. The smallest absolute Gasteiger partial charge is 0.240 e. The Hall–Kier alpha value is -3.21. The maximum Gasteiger partial charge on any atom is 0.240 e. The first kappa shape index (κ1) is 18.2. The molecule has 2 aromatic carbocycles. The molecule has 2 aromatic rings. The van der Waals surface area contributed by atoms with Gasteiger partial charge in [0.05, 0.1) is 17.9 Å². The van der Waals surface area contributed by atoms with E-state index in [1.54, 1.807) is 0 Å². The molecule has 28 heavy (non-hydrogen) atoms. The molecule has 0 radical (unpaired) electrons. The zero-order chi connectivity index (χ0) is 19.5. The van der Waals surface area contributed by atoms with E-state index in [-0.39, 0.29) is 42.1 Å². The molecule has 1 saturated heterocycles. The zero-order valence-corrected chi connectivity index (χ0v) is 15.5. The summed E-state index contributed by atoms with van der Waals surface area (Å²) in [6.07, 6.45) is 5.03.